The fraction of sp³-hybridized carbons (Fsp3) is 0.235. The van der Waals surface area contributed by atoms with Gasteiger partial charge in [0.05, 0.1) is 4.90 Å². The minimum absolute atomic E-state index is 0.117. The smallest absolute Gasteiger partial charge is 0.324 e. The molecule has 7 heteroatoms. The van der Waals surface area contributed by atoms with Gasteiger partial charge in [-0.1, -0.05) is 47.7 Å². The summed E-state index contributed by atoms with van der Waals surface area (Å²) in [7, 11) is -3.76. The third-order valence-corrected chi connectivity index (χ3v) is 5.58. The van der Waals surface area contributed by atoms with Crippen LogP contribution < -0.4 is 4.72 Å². The van der Waals surface area contributed by atoms with Crippen molar-refractivity contribution >= 4 is 27.8 Å². The van der Waals surface area contributed by atoms with Crippen molar-refractivity contribution < 1.29 is 17.9 Å². The fourth-order valence-corrected chi connectivity index (χ4v) is 3.72. The Morgan fingerprint density at radius 3 is 2.38 bits per heavy atom. The number of aryl methyl sites for hydroxylation is 1. The van der Waals surface area contributed by atoms with E-state index in [1.807, 2.05) is 37.3 Å². The van der Waals surface area contributed by atoms with E-state index in [0.29, 0.717) is 0 Å². The van der Waals surface area contributed by atoms with Gasteiger partial charge in [-0.05, 0) is 38.1 Å². The number of hydrogen-bond donors (Lipinski definition) is 1. The molecule has 5 nitrogen and oxygen atoms in total. The van der Waals surface area contributed by atoms with Gasteiger partial charge in [-0.3, -0.25) is 4.79 Å². The number of benzene rings is 2. The van der Waals surface area contributed by atoms with E-state index in [9.17, 15) is 13.2 Å². The zero-order valence-electron chi connectivity index (χ0n) is 13.4. The van der Waals surface area contributed by atoms with Crippen molar-refractivity contribution in [3.05, 3.63) is 60.2 Å². The first-order valence-corrected chi connectivity index (χ1v) is 9.79. The van der Waals surface area contributed by atoms with Crippen LogP contribution in [-0.2, 0) is 19.6 Å². The Kier molecular flexibility index (Phi) is 6.42. The van der Waals surface area contributed by atoms with Crippen LogP contribution in [-0.4, -0.2) is 26.4 Å². The van der Waals surface area contributed by atoms with Crippen molar-refractivity contribution in [1.82, 2.24) is 4.72 Å². The second-order valence-electron chi connectivity index (χ2n) is 5.19. The predicted molar refractivity (Wildman–Crippen MR) is 94.2 cm³/mol. The number of carbonyl (C=O) groups excluding carboxylic acids is 1. The molecule has 0 bridgehead atoms. The van der Waals surface area contributed by atoms with E-state index in [-0.39, 0.29) is 10.8 Å². The summed E-state index contributed by atoms with van der Waals surface area (Å²) in [5, 5.41) is 0. The second-order valence-corrected chi connectivity index (χ2v) is 7.90. The molecule has 1 N–H and O–H groups in total. The van der Waals surface area contributed by atoms with E-state index in [1.165, 1.54) is 30.8 Å². The molecule has 0 fully saturated rings. The Balaban J connectivity index is 1.87. The third kappa shape index (κ3) is 5.36. The molecule has 0 spiro atoms. The Bertz CT molecular complexity index is 774. The molecule has 0 amide bonds. The Morgan fingerprint density at radius 1 is 1.12 bits per heavy atom. The van der Waals surface area contributed by atoms with Crippen LogP contribution >= 0.6 is 11.8 Å². The van der Waals surface area contributed by atoms with E-state index in [0.717, 1.165) is 10.5 Å². The second kappa shape index (κ2) is 8.32. The molecule has 0 saturated heterocycles. The molecule has 2 rings (SSSR count). The highest BCUT2D eigenvalue weighted by Crippen LogP contribution is 2.17. The lowest BCUT2D eigenvalue weighted by molar-refractivity contribution is -0.142. The largest absolute Gasteiger partial charge is 0.453 e. The zero-order valence-corrected chi connectivity index (χ0v) is 15.1. The standard InChI is InChI=1S/C17H19NO4S2/c1-13-8-10-16(11-9-13)24(20,21)18-14(2)17(19)22-12-23-15-6-4-3-5-7-15/h3-11,14,18H,12H2,1-2H3/t14-/m0/s1. The maximum atomic E-state index is 12.2. The van der Waals surface area contributed by atoms with Crippen molar-refractivity contribution in [2.24, 2.45) is 0 Å². The highest BCUT2D eigenvalue weighted by Gasteiger charge is 2.23. The summed E-state index contributed by atoms with van der Waals surface area (Å²) in [6, 6.07) is 14.9. The molecule has 2 aromatic rings. The molecule has 1 atom stereocenters. The van der Waals surface area contributed by atoms with Crippen LogP contribution in [0.2, 0.25) is 0 Å². The molecule has 0 aliphatic heterocycles. The number of nitrogens with one attached hydrogen (secondary N) is 1. The summed E-state index contributed by atoms with van der Waals surface area (Å²) in [6.07, 6.45) is 0. The van der Waals surface area contributed by atoms with Gasteiger partial charge in [0, 0.05) is 4.90 Å². The van der Waals surface area contributed by atoms with Crippen LogP contribution in [0.5, 0.6) is 0 Å². The number of esters is 1. The minimum atomic E-state index is -3.76. The van der Waals surface area contributed by atoms with E-state index in [1.54, 1.807) is 12.1 Å². The molecule has 0 heterocycles. The fourth-order valence-electron chi connectivity index (χ4n) is 1.86. The number of thioether (sulfide) groups is 1. The van der Waals surface area contributed by atoms with Gasteiger partial charge in [0.15, 0.2) is 0 Å². The molecule has 128 valence electrons. The van der Waals surface area contributed by atoms with Gasteiger partial charge in [-0.2, -0.15) is 4.72 Å². The summed E-state index contributed by atoms with van der Waals surface area (Å²) < 4.78 is 31.9. The van der Waals surface area contributed by atoms with Gasteiger partial charge in [-0.25, -0.2) is 8.42 Å². The maximum absolute atomic E-state index is 12.2. The Labute approximate surface area is 146 Å². The third-order valence-electron chi connectivity index (χ3n) is 3.19. The van der Waals surface area contributed by atoms with Crippen LogP contribution in [0, 0.1) is 6.92 Å². The SMILES string of the molecule is Cc1ccc(S(=O)(=O)N[C@@H](C)C(=O)OCSc2ccccc2)cc1. The molecule has 2 aromatic carbocycles. The number of rotatable bonds is 7. The van der Waals surface area contributed by atoms with E-state index in [2.05, 4.69) is 4.72 Å². The van der Waals surface area contributed by atoms with Gasteiger partial charge in [0.1, 0.15) is 12.0 Å². The topological polar surface area (TPSA) is 72.5 Å². The lowest BCUT2D eigenvalue weighted by Crippen LogP contribution is -2.39. The summed E-state index contributed by atoms with van der Waals surface area (Å²) in [4.78, 5) is 13.0. The molecule has 0 unspecified atom stereocenters. The number of sulfonamides is 1. The highest BCUT2D eigenvalue weighted by molar-refractivity contribution is 7.99. The van der Waals surface area contributed by atoms with Gasteiger partial charge in [-0.15, -0.1) is 0 Å². The van der Waals surface area contributed by atoms with Crippen molar-refractivity contribution in [2.75, 3.05) is 5.94 Å². The van der Waals surface area contributed by atoms with Crippen molar-refractivity contribution in [3.8, 4) is 0 Å². The van der Waals surface area contributed by atoms with Crippen molar-refractivity contribution in [1.29, 1.82) is 0 Å². The van der Waals surface area contributed by atoms with Crippen LogP contribution in [0.4, 0.5) is 0 Å². The minimum Gasteiger partial charge on any atom is -0.453 e. The molecule has 24 heavy (non-hydrogen) atoms. The van der Waals surface area contributed by atoms with Crippen molar-refractivity contribution in [3.63, 3.8) is 0 Å². The first kappa shape index (κ1) is 18.5. The zero-order chi connectivity index (χ0) is 17.6. The molecule has 0 saturated carbocycles. The monoisotopic (exact) mass is 365 g/mol. The van der Waals surface area contributed by atoms with Gasteiger partial charge in [0.2, 0.25) is 10.0 Å². The first-order valence-electron chi connectivity index (χ1n) is 7.32. The number of carbonyl (C=O) groups is 1. The molecule has 0 aliphatic carbocycles. The average Bonchev–Trinajstić information content (AvgIpc) is 2.55. The quantitative estimate of drug-likeness (QED) is 0.464. The normalized spacial score (nSPS) is 12.6. The van der Waals surface area contributed by atoms with Gasteiger partial charge in [0.25, 0.3) is 0 Å². The van der Waals surface area contributed by atoms with Crippen LogP contribution in [0.25, 0.3) is 0 Å². The highest BCUT2D eigenvalue weighted by atomic mass is 32.2. The van der Waals surface area contributed by atoms with Gasteiger partial charge < -0.3 is 4.74 Å². The average molecular weight is 365 g/mol. The Hall–Kier alpha value is -1.83. The number of hydrogen-bond acceptors (Lipinski definition) is 5. The first-order chi connectivity index (χ1) is 11.4. The van der Waals surface area contributed by atoms with Crippen LogP contribution in [0.1, 0.15) is 12.5 Å². The maximum Gasteiger partial charge on any atom is 0.324 e. The number of ether oxygens (including phenoxy) is 1. The molecular weight excluding hydrogens is 346 g/mol. The predicted octanol–water partition coefficient (Wildman–Crippen LogP) is 2.95. The summed E-state index contributed by atoms with van der Waals surface area (Å²) in [5.41, 5.74) is 0.958. The van der Waals surface area contributed by atoms with E-state index >= 15 is 0 Å². The molecule has 0 radical (unpaired) electrons. The molecule has 0 aliphatic rings. The van der Waals surface area contributed by atoms with Crippen molar-refractivity contribution in [2.45, 2.75) is 29.7 Å². The summed E-state index contributed by atoms with van der Waals surface area (Å²) in [5.74, 6) is -0.492. The van der Waals surface area contributed by atoms with Crippen LogP contribution in [0.3, 0.4) is 0 Å². The van der Waals surface area contributed by atoms with Crippen LogP contribution in [0.15, 0.2) is 64.4 Å². The Morgan fingerprint density at radius 2 is 1.75 bits per heavy atom. The van der Waals surface area contributed by atoms with Gasteiger partial charge >= 0.3 is 5.97 Å². The summed E-state index contributed by atoms with van der Waals surface area (Å²) in [6.45, 7) is 3.33. The lowest BCUT2D eigenvalue weighted by Gasteiger charge is -2.13. The molecular formula is C17H19NO4S2. The summed E-state index contributed by atoms with van der Waals surface area (Å²) >= 11 is 1.36. The van der Waals surface area contributed by atoms with E-state index < -0.39 is 22.0 Å². The molecule has 0 aromatic heterocycles. The van der Waals surface area contributed by atoms with E-state index in [4.69, 9.17) is 4.74 Å². The lowest BCUT2D eigenvalue weighted by atomic mass is 10.2.